The Morgan fingerprint density at radius 1 is 1.00 bits per heavy atom. The summed E-state index contributed by atoms with van der Waals surface area (Å²) in [6.45, 7) is 2.10. The SMILES string of the molecule is Cc1ccc2ncc(-c3cc(C4CC4)ncn3)cc2c1. The second-order valence-electron chi connectivity index (χ2n) is 5.52. The van der Waals surface area contributed by atoms with Gasteiger partial charge in [-0.1, -0.05) is 11.6 Å². The summed E-state index contributed by atoms with van der Waals surface area (Å²) in [6.07, 6.45) is 6.08. The molecule has 2 heterocycles. The van der Waals surface area contributed by atoms with Gasteiger partial charge in [0.1, 0.15) is 6.33 Å². The molecule has 3 aromatic rings. The number of rotatable bonds is 2. The first-order valence-corrected chi connectivity index (χ1v) is 6.98. The van der Waals surface area contributed by atoms with Crippen molar-refractivity contribution in [2.75, 3.05) is 0 Å². The minimum atomic E-state index is 0.646. The molecule has 1 saturated carbocycles. The van der Waals surface area contributed by atoms with E-state index in [1.807, 2.05) is 6.20 Å². The monoisotopic (exact) mass is 261 g/mol. The van der Waals surface area contributed by atoms with E-state index < -0.39 is 0 Å². The van der Waals surface area contributed by atoms with Crippen molar-refractivity contribution < 1.29 is 0 Å². The average Bonchev–Trinajstić information content (AvgIpc) is 3.31. The summed E-state index contributed by atoms with van der Waals surface area (Å²) in [6, 6.07) is 10.6. The molecule has 1 fully saturated rings. The van der Waals surface area contributed by atoms with Gasteiger partial charge in [-0.05, 0) is 44.0 Å². The van der Waals surface area contributed by atoms with Gasteiger partial charge in [-0.15, -0.1) is 0 Å². The molecule has 98 valence electrons. The number of pyridine rings is 1. The van der Waals surface area contributed by atoms with Crippen LogP contribution in [0.15, 0.2) is 42.9 Å². The largest absolute Gasteiger partial charge is 0.256 e. The third kappa shape index (κ3) is 2.05. The van der Waals surface area contributed by atoms with Gasteiger partial charge in [0.25, 0.3) is 0 Å². The van der Waals surface area contributed by atoms with Crippen molar-refractivity contribution in [3.63, 3.8) is 0 Å². The fourth-order valence-electron chi connectivity index (χ4n) is 2.52. The molecule has 3 nitrogen and oxygen atoms in total. The summed E-state index contributed by atoms with van der Waals surface area (Å²) in [5.74, 6) is 0.646. The molecule has 1 aromatic carbocycles. The van der Waals surface area contributed by atoms with Crippen molar-refractivity contribution in [3.05, 3.63) is 54.1 Å². The van der Waals surface area contributed by atoms with E-state index in [-0.39, 0.29) is 0 Å². The van der Waals surface area contributed by atoms with E-state index in [0.29, 0.717) is 5.92 Å². The molecule has 3 heteroatoms. The Hall–Kier alpha value is -2.29. The van der Waals surface area contributed by atoms with Gasteiger partial charge in [-0.2, -0.15) is 0 Å². The number of hydrogen-bond donors (Lipinski definition) is 0. The molecule has 0 saturated heterocycles. The van der Waals surface area contributed by atoms with Crippen LogP contribution >= 0.6 is 0 Å². The van der Waals surface area contributed by atoms with Crippen LogP contribution in [0.1, 0.15) is 30.0 Å². The van der Waals surface area contributed by atoms with E-state index in [4.69, 9.17) is 0 Å². The smallest absolute Gasteiger partial charge is 0.116 e. The maximum Gasteiger partial charge on any atom is 0.116 e. The van der Waals surface area contributed by atoms with Gasteiger partial charge in [-0.3, -0.25) is 4.98 Å². The van der Waals surface area contributed by atoms with Crippen LogP contribution in [-0.2, 0) is 0 Å². The van der Waals surface area contributed by atoms with Crippen molar-refractivity contribution >= 4 is 10.9 Å². The van der Waals surface area contributed by atoms with E-state index >= 15 is 0 Å². The molecule has 0 amide bonds. The molecule has 0 spiro atoms. The number of aryl methyl sites for hydroxylation is 1. The highest BCUT2D eigenvalue weighted by Crippen LogP contribution is 2.39. The van der Waals surface area contributed by atoms with Crippen molar-refractivity contribution in [1.82, 2.24) is 15.0 Å². The summed E-state index contributed by atoms with van der Waals surface area (Å²) in [7, 11) is 0. The Morgan fingerprint density at radius 3 is 2.75 bits per heavy atom. The molecule has 0 atom stereocenters. The first-order valence-electron chi connectivity index (χ1n) is 6.98. The molecule has 0 N–H and O–H groups in total. The highest BCUT2D eigenvalue weighted by atomic mass is 14.8. The molecule has 0 bridgehead atoms. The topological polar surface area (TPSA) is 38.7 Å². The number of aromatic nitrogens is 3. The molecule has 1 aliphatic carbocycles. The van der Waals surface area contributed by atoms with Gasteiger partial charge < -0.3 is 0 Å². The van der Waals surface area contributed by atoms with E-state index in [1.165, 1.54) is 24.1 Å². The zero-order valence-electron chi connectivity index (χ0n) is 11.4. The van der Waals surface area contributed by atoms with E-state index in [2.05, 4.69) is 52.2 Å². The highest BCUT2D eigenvalue weighted by molar-refractivity contribution is 5.83. The Morgan fingerprint density at radius 2 is 1.90 bits per heavy atom. The third-order valence-electron chi connectivity index (χ3n) is 3.82. The highest BCUT2D eigenvalue weighted by Gasteiger charge is 2.25. The van der Waals surface area contributed by atoms with Crippen LogP contribution in [0.25, 0.3) is 22.2 Å². The van der Waals surface area contributed by atoms with Gasteiger partial charge in [0.05, 0.1) is 11.2 Å². The average molecular weight is 261 g/mol. The second-order valence-corrected chi connectivity index (χ2v) is 5.52. The Kier molecular flexibility index (Phi) is 2.52. The van der Waals surface area contributed by atoms with Crippen LogP contribution in [0.5, 0.6) is 0 Å². The summed E-state index contributed by atoms with van der Waals surface area (Å²) >= 11 is 0. The quantitative estimate of drug-likeness (QED) is 0.702. The second kappa shape index (κ2) is 4.37. The molecular weight excluding hydrogens is 246 g/mol. The van der Waals surface area contributed by atoms with Gasteiger partial charge in [0.15, 0.2) is 0 Å². The third-order valence-corrected chi connectivity index (χ3v) is 3.82. The number of benzene rings is 1. The standard InChI is InChI=1S/C17H15N3/c1-11-2-5-15-13(6-11)7-14(9-18-15)17-8-16(12-3-4-12)19-10-20-17/h2,5-10,12H,3-4H2,1H3. The number of nitrogens with zero attached hydrogens (tertiary/aromatic N) is 3. The van der Waals surface area contributed by atoms with Gasteiger partial charge in [-0.25, -0.2) is 9.97 Å². The van der Waals surface area contributed by atoms with Crippen LogP contribution in [0.4, 0.5) is 0 Å². The molecule has 0 radical (unpaired) electrons. The maximum absolute atomic E-state index is 4.53. The lowest BCUT2D eigenvalue weighted by atomic mass is 10.1. The minimum Gasteiger partial charge on any atom is -0.256 e. The van der Waals surface area contributed by atoms with Gasteiger partial charge in [0, 0.05) is 28.8 Å². The number of fused-ring (bicyclic) bond motifs is 1. The first kappa shape index (κ1) is 11.5. The molecule has 20 heavy (non-hydrogen) atoms. The van der Waals surface area contributed by atoms with E-state index in [0.717, 1.165) is 22.2 Å². The van der Waals surface area contributed by atoms with Crippen LogP contribution in [0.2, 0.25) is 0 Å². The lowest BCUT2D eigenvalue weighted by molar-refractivity contribution is 0.990. The van der Waals surface area contributed by atoms with Gasteiger partial charge >= 0.3 is 0 Å². The van der Waals surface area contributed by atoms with Crippen LogP contribution in [-0.4, -0.2) is 15.0 Å². The Balaban J connectivity index is 1.82. The molecule has 0 aliphatic heterocycles. The van der Waals surface area contributed by atoms with E-state index in [1.54, 1.807) is 6.33 Å². The Labute approximate surface area is 117 Å². The zero-order valence-corrected chi connectivity index (χ0v) is 11.4. The van der Waals surface area contributed by atoms with Crippen molar-refractivity contribution in [2.45, 2.75) is 25.7 Å². The lowest BCUT2D eigenvalue weighted by Gasteiger charge is -2.05. The minimum absolute atomic E-state index is 0.646. The molecule has 2 aromatic heterocycles. The van der Waals surface area contributed by atoms with E-state index in [9.17, 15) is 0 Å². The molecular formula is C17H15N3. The van der Waals surface area contributed by atoms with Crippen molar-refractivity contribution in [3.8, 4) is 11.3 Å². The van der Waals surface area contributed by atoms with Crippen molar-refractivity contribution in [2.24, 2.45) is 0 Å². The van der Waals surface area contributed by atoms with Crippen molar-refractivity contribution in [1.29, 1.82) is 0 Å². The first-order chi connectivity index (χ1) is 9.79. The Bertz CT molecular complexity index is 791. The summed E-state index contributed by atoms with van der Waals surface area (Å²) in [5.41, 5.74) is 5.47. The number of hydrogen-bond acceptors (Lipinski definition) is 3. The van der Waals surface area contributed by atoms with Crippen LogP contribution in [0, 0.1) is 6.92 Å². The predicted molar refractivity (Wildman–Crippen MR) is 79.5 cm³/mol. The van der Waals surface area contributed by atoms with Crippen LogP contribution < -0.4 is 0 Å². The van der Waals surface area contributed by atoms with Crippen LogP contribution in [0.3, 0.4) is 0 Å². The summed E-state index contributed by atoms with van der Waals surface area (Å²) in [4.78, 5) is 13.3. The normalized spacial score (nSPS) is 14.7. The zero-order chi connectivity index (χ0) is 13.5. The van der Waals surface area contributed by atoms with Gasteiger partial charge in [0.2, 0.25) is 0 Å². The predicted octanol–water partition coefficient (Wildman–Crippen LogP) is 3.88. The fourth-order valence-corrected chi connectivity index (χ4v) is 2.52. The summed E-state index contributed by atoms with van der Waals surface area (Å²) < 4.78 is 0. The summed E-state index contributed by atoms with van der Waals surface area (Å²) in [5, 5.41) is 1.16. The molecule has 1 aliphatic rings. The maximum atomic E-state index is 4.53. The fraction of sp³-hybridized carbons (Fsp3) is 0.235. The molecule has 0 unspecified atom stereocenters. The lowest BCUT2D eigenvalue weighted by Crippen LogP contribution is -1.92. The molecule has 4 rings (SSSR count).